The van der Waals surface area contributed by atoms with Gasteiger partial charge < -0.3 is 10.4 Å². The number of rotatable bonds is 2. The van der Waals surface area contributed by atoms with Crippen molar-refractivity contribution in [3.8, 4) is 11.1 Å². The van der Waals surface area contributed by atoms with Crippen LogP contribution in [0.25, 0.3) is 11.1 Å². The van der Waals surface area contributed by atoms with Crippen LogP contribution in [0.4, 0.5) is 4.79 Å². The highest BCUT2D eigenvalue weighted by atomic mass is 35.5. The summed E-state index contributed by atoms with van der Waals surface area (Å²) in [7, 11) is 0. The second-order valence-electron chi connectivity index (χ2n) is 5.08. The molecule has 3 rings (SSSR count). The smallest absolute Gasteiger partial charge is 0.405 e. The van der Waals surface area contributed by atoms with Gasteiger partial charge in [0.05, 0.1) is 6.04 Å². The monoisotopic (exact) mass is 321 g/mol. The molecule has 0 aliphatic heterocycles. The SMILES string of the molecule is O=C(O)NC1CCc2ccc(-c3cc(Cl)ccc3Cl)cc21. The number of amides is 1. The van der Waals surface area contributed by atoms with E-state index in [2.05, 4.69) is 5.32 Å². The van der Waals surface area contributed by atoms with Crippen molar-refractivity contribution in [2.45, 2.75) is 18.9 Å². The van der Waals surface area contributed by atoms with Crippen molar-refractivity contribution < 1.29 is 9.90 Å². The van der Waals surface area contributed by atoms with Crippen molar-refractivity contribution in [1.29, 1.82) is 0 Å². The first-order chi connectivity index (χ1) is 10.0. The van der Waals surface area contributed by atoms with Crippen molar-refractivity contribution in [2.75, 3.05) is 0 Å². The van der Waals surface area contributed by atoms with Crippen LogP contribution in [0.15, 0.2) is 36.4 Å². The van der Waals surface area contributed by atoms with Crippen LogP contribution in [0.3, 0.4) is 0 Å². The molecular weight excluding hydrogens is 309 g/mol. The van der Waals surface area contributed by atoms with E-state index in [0.717, 1.165) is 29.5 Å². The van der Waals surface area contributed by atoms with Crippen LogP contribution in [0.5, 0.6) is 0 Å². The number of fused-ring (bicyclic) bond motifs is 1. The van der Waals surface area contributed by atoms with E-state index in [4.69, 9.17) is 28.3 Å². The zero-order chi connectivity index (χ0) is 15.0. The van der Waals surface area contributed by atoms with E-state index in [1.54, 1.807) is 12.1 Å². The summed E-state index contributed by atoms with van der Waals surface area (Å²) in [6.07, 6.45) is 0.664. The van der Waals surface area contributed by atoms with Gasteiger partial charge in [-0.3, -0.25) is 0 Å². The number of carbonyl (C=O) groups is 1. The maximum absolute atomic E-state index is 10.9. The molecule has 5 heteroatoms. The summed E-state index contributed by atoms with van der Waals surface area (Å²) in [5, 5.41) is 12.7. The van der Waals surface area contributed by atoms with E-state index in [0.29, 0.717) is 10.0 Å². The van der Waals surface area contributed by atoms with Crippen LogP contribution in [0.1, 0.15) is 23.6 Å². The van der Waals surface area contributed by atoms with E-state index in [1.165, 1.54) is 5.56 Å². The molecule has 1 unspecified atom stereocenters. The molecule has 0 fully saturated rings. The molecule has 1 aliphatic rings. The fraction of sp³-hybridized carbons (Fsp3) is 0.188. The molecule has 0 spiro atoms. The minimum Gasteiger partial charge on any atom is -0.465 e. The van der Waals surface area contributed by atoms with Gasteiger partial charge in [0.25, 0.3) is 0 Å². The first-order valence-electron chi connectivity index (χ1n) is 6.62. The molecule has 0 saturated heterocycles. The molecule has 0 aromatic heterocycles. The number of nitrogens with one attached hydrogen (secondary N) is 1. The van der Waals surface area contributed by atoms with Crippen LogP contribution in [0.2, 0.25) is 10.0 Å². The normalized spacial score (nSPS) is 16.6. The lowest BCUT2D eigenvalue weighted by atomic mass is 9.99. The second-order valence-corrected chi connectivity index (χ2v) is 5.92. The third-order valence-corrected chi connectivity index (χ3v) is 4.33. The molecular formula is C16H13Cl2NO2. The molecule has 2 aromatic carbocycles. The zero-order valence-corrected chi connectivity index (χ0v) is 12.6. The van der Waals surface area contributed by atoms with E-state index in [9.17, 15) is 4.79 Å². The molecule has 1 amide bonds. The average Bonchev–Trinajstić information content (AvgIpc) is 2.83. The fourth-order valence-corrected chi connectivity index (χ4v) is 3.19. The Morgan fingerprint density at radius 3 is 2.76 bits per heavy atom. The number of aryl methyl sites for hydroxylation is 1. The van der Waals surface area contributed by atoms with Crippen LogP contribution >= 0.6 is 23.2 Å². The summed E-state index contributed by atoms with van der Waals surface area (Å²) < 4.78 is 0. The highest BCUT2D eigenvalue weighted by Gasteiger charge is 2.24. The van der Waals surface area contributed by atoms with E-state index in [-0.39, 0.29) is 6.04 Å². The van der Waals surface area contributed by atoms with Crippen molar-refractivity contribution in [1.82, 2.24) is 5.32 Å². The van der Waals surface area contributed by atoms with Crippen LogP contribution in [-0.4, -0.2) is 11.2 Å². The maximum Gasteiger partial charge on any atom is 0.405 e. The van der Waals surface area contributed by atoms with E-state index < -0.39 is 6.09 Å². The molecule has 0 saturated carbocycles. The molecule has 0 radical (unpaired) electrons. The van der Waals surface area contributed by atoms with E-state index in [1.807, 2.05) is 24.3 Å². The fourth-order valence-electron chi connectivity index (χ4n) is 2.79. The lowest BCUT2D eigenvalue weighted by molar-refractivity contribution is 0.190. The van der Waals surface area contributed by atoms with Crippen molar-refractivity contribution in [3.63, 3.8) is 0 Å². The predicted octanol–water partition coefficient (Wildman–Crippen LogP) is 4.92. The Morgan fingerprint density at radius 2 is 2.00 bits per heavy atom. The Morgan fingerprint density at radius 1 is 1.19 bits per heavy atom. The summed E-state index contributed by atoms with van der Waals surface area (Å²) in [5.74, 6) is 0. The lowest BCUT2D eigenvalue weighted by Crippen LogP contribution is -2.24. The Hall–Kier alpha value is -1.71. The number of halogens is 2. The zero-order valence-electron chi connectivity index (χ0n) is 11.1. The number of hydrogen-bond acceptors (Lipinski definition) is 1. The first-order valence-corrected chi connectivity index (χ1v) is 7.38. The van der Waals surface area contributed by atoms with Gasteiger partial charge in [-0.05, 0) is 53.8 Å². The largest absolute Gasteiger partial charge is 0.465 e. The third kappa shape index (κ3) is 2.85. The van der Waals surface area contributed by atoms with Crippen LogP contribution in [0, 0.1) is 0 Å². The molecule has 108 valence electrons. The lowest BCUT2D eigenvalue weighted by Gasteiger charge is -2.13. The van der Waals surface area contributed by atoms with Crippen molar-refractivity contribution in [2.24, 2.45) is 0 Å². The Kier molecular flexibility index (Phi) is 3.79. The van der Waals surface area contributed by atoms with E-state index >= 15 is 0 Å². The van der Waals surface area contributed by atoms with Gasteiger partial charge in [0.15, 0.2) is 0 Å². The Labute approximate surface area is 132 Å². The summed E-state index contributed by atoms with van der Waals surface area (Å²) in [6.45, 7) is 0. The maximum atomic E-state index is 10.9. The number of carboxylic acid groups (broad SMARTS) is 1. The second kappa shape index (κ2) is 5.58. The van der Waals surface area contributed by atoms with Gasteiger partial charge in [0.2, 0.25) is 0 Å². The van der Waals surface area contributed by atoms with Gasteiger partial charge in [-0.25, -0.2) is 4.79 Å². The first kappa shape index (κ1) is 14.2. The summed E-state index contributed by atoms with van der Waals surface area (Å²) >= 11 is 12.3. The number of benzene rings is 2. The van der Waals surface area contributed by atoms with Crippen LogP contribution in [-0.2, 0) is 6.42 Å². The highest BCUT2D eigenvalue weighted by Crippen LogP contribution is 2.37. The molecule has 1 aliphatic carbocycles. The summed E-state index contributed by atoms with van der Waals surface area (Å²) in [4.78, 5) is 10.9. The molecule has 0 bridgehead atoms. The minimum absolute atomic E-state index is 0.157. The highest BCUT2D eigenvalue weighted by molar-refractivity contribution is 6.35. The third-order valence-electron chi connectivity index (χ3n) is 3.76. The van der Waals surface area contributed by atoms with Gasteiger partial charge >= 0.3 is 6.09 Å². The van der Waals surface area contributed by atoms with Crippen molar-refractivity contribution >= 4 is 29.3 Å². The molecule has 2 aromatic rings. The van der Waals surface area contributed by atoms with Gasteiger partial charge in [0.1, 0.15) is 0 Å². The quantitative estimate of drug-likeness (QED) is 0.825. The molecule has 3 nitrogen and oxygen atoms in total. The minimum atomic E-state index is -1.00. The van der Waals surface area contributed by atoms with Gasteiger partial charge in [0, 0.05) is 15.6 Å². The Balaban J connectivity index is 2.03. The topological polar surface area (TPSA) is 49.3 Å². The average molecular weight is 322 g/mol. The van der Waals surface area contributed by atoms with Crippen molar-refractivity contribution in [3.05, 3.63) is 57.6 Å². The standard InChI is InChI=1S/C16H13Cl2NO2/c17-11-4-5-14(18)12(8-11)10-2-1-9-3-6-15(13(9)7-10)19-16(20)21/h1-2,4-5,7-8,15,19H,3,6H2,(H,20,21). The summed E-state index contributed by atoms with van der Waals surface area (Å²) in [6, 6.07) is 11.2. The van der Waals surface area contributed by atoms with Crippen LogP contribution < -0.4 is 5.32 Å². The number of hydrogen-bond donors (Lipinski definition) is 2. The molecule has 1 atom stereocenters. The van der Waals surface area contributed by atoms with Gasteiger partial charge in [-0.15, -0.1) is 0 Å². The molecule has 0 heterocycles. The predicted molar refractivity (Wildman–Crippen MR) is 84.1 cm³/mol. The Bertz CT molecular complexity index is 715. The molecule has 21 heavy (non-hydrogen) atoms. The summed E-state index contributed by atoms with van der Waals surface area (Å²) in [5.41, 5.74) is 4.00. The molecule has 2 N–H and O–H groups in total. The van der Waals surface area contributed by atoms with Gasteiger partial charge in [-0.2, -0.15) is 0 Å². The van der Waals surface area contributed by atoms with Gasteiger partial charge in [-0.1, -0.05) is 35.3 Å².